The molecule has 0 rings (SSSR count). The maximum absolute atomic E-state index is 12.8. The third kappa shape index (κ3) is 52.7. The molecule has 0 N–H and O–H groups in total. The van der Waals surface area contributed by atoms with Crippen molar-refractivity contribution in [3.63, 3.8) is 0 Å². The average Bonchev–Trinajstić information content (AvgIpc) is 3.30. The predicted octanol–water partition coefficient (Wildman–Crippen LogP) is 19.1. The van der Waals surface area contributed by atoms with Crippen LogP contribution < -0.4 is 0 Å². The van der Waals surface area contributed by atoms with Gasteiger partial charge in [-0.05, 0) is 51.4 Å². The first-order valence-electron chi connectivity index (χ1n) is 28.8. The van der Waals surface area contributed by atoms with Crippen LogP contribution in [0.1, 0.15) is 316 Å². The molecule has 0 aliphatic carbocycles. The van der Waals surface area contributed by atoms with Gasteiger partial charge in [0.2, 0.25) is 0 Å². The molecule has 6 heteroatoms. The van der Waals surface area contributed by atoms with E-state index in [-0.39, 0.29) is 31.1 Å². The molecule has 0 aromatic heterocycles. The first kappa shape index (κ1) is 62.9. The van der Waals surface area contributed by atoms with Gasteiger partial charge in [0.15, 0.2) is 6.10 Å². The molecule has 0 bridgehead atoms. The standard InChI is InChI=1S/C59H110O6/c1-4-7-10-13-16-18-20-22-24-26-28-29-30-31-33-34-36-38-40-43-46-49-52-58(61)64-55-56(54-63-57(60)51-48-45-42-15-12-9-6-3)65-59(62)53-50-47-44-41-39-37-35-32-27-25-23-21-19-17-14-11-8-5-2/h19,21,25,27,56H,4-18,20,22-24,26,28-55H2,1-3H3/b21-19-,27-25-. The first-order valence-corrected chi connectivity index (χ1v) is 28.8. The van der Waals surface area contributed by atoms with Crippen molar-refractivity contribution in [1.29, 1.82) is 0 Å². The summed E-state index contributed by atoms with van der Waals surface area (Å²) in [6.07, 6.45) is 63.4. The van der Waals surface area contributed by atoms with E-state index in [4.69, 9.17) is 14.2 Å². The zero-order chi connectivity index (χ0) is 47.2. The highest BCUT2D eigenvalue weighted by Crippen LogP contribution is 2.17. The van der Waals surface area contributed by atoms with E-state index in [1.54, 1.807) is 0 Å². The number of ether oxygens (including phenoxy) is 3. The third-order valence-corrected chi connectivity index (χ3v) is 13.0. The van der Waals surface area contributed by atoms with E-state index in [0.29, 0.717) is 19.3 Å². The lowest BCUT2D eigenvalue weighted by atomic mass is 10.0. The zero-order valence-corrected chi connectivity index (χ0v) is 43.8. The van der Waals surface area contributed by atoms with Gasteiger partial charge in [-0.3, -0.25) is 14.4 Å². The Morgan fingerprint density at radius 3 is 0.862 bits per heavy atom. The Morgan fingerprint density at radius 2 is 0.554 bits per heavy atom. The highest BCUT2D eigenvalue weighted by Gasteiger charge is 2.19. The van der Waals surface area contributed by atoms with Crippen molar-refractivity contribution < 1.29 is 28.6 Å². The molecule has 0 saturated heterocycles. The van der Waals surface area contributed by atoms with Gasteiger partial charge in [-0.2, -0.15) is 0 Å². The lowest BCUT2D eigenvalue weighted by Crippen LogP contribution is -2.30. The molecule has 0 spiro atoms. The van der Waals surface area contributed by atoms with Crippen LogP contribution in [0.5, 0.6) is 0 Å². The Bertz CT molecular complexity index is 1050. The van der Waals surface area contributed by atoms with E-state index < -0.39 is 6.10 Å². The molecule has 0 heterocycles. The second kappa shape index (κ2) is 54.5. The van der Waals surface area contributed by atoms with Crippen LogP contribution in [-0.4, -0.2) is 37.2 Å². The molecule has 0 aliphatic heterocycles. The fourth-order valence-corrected chi connectivity index (χ4v) is 8.59. The number of carbonyl (C=O) groups excluding carboxylic acids is 3. The van der Waals surface area contributed by atoms with Crippen molar-refractivity contribution in [2.24, 2.45) is 0 Å². The molecule has 0 fully saturated rings. The van der Waals surface area contributed by atoms with Crippen molar-refractivity contribution in [1.82, 2.24) is 0 Å². The monoisotopic (exact) mass is 915 g/mol. The van der Waals surface area contributed by atoms with E-state index in [2.05, 4.69) is 45.1 Å². The van der Waals surface area contributed by atoms with Crippen LogP contribution in [0.2, 0.25) is 0 Å². The largest absolute Gasteiger partial charge is 0.462 e. The van der Waals surface area contributed by atoms with Gasteiger partial charge < -0.3 is 14.2 Å². The quantitative estimate of drug-likeness (QED) is 0.0262. The second-order valence-electron chi connectivity index (χ2n) is 19.6. The number of unbranched alkanes of at least 4 members (excludes halogenated alkanes) is 38. The molecule has 65 heavy (non-hydrogen) atoms. The maximum Gasteiger partial charge on any atom is 0.306 e. The second-order valence-corrected chi connectivity index (χ2v) is 19.6. The van der Waals surface area contributed by atoms with E-state index in [1.807, 2.05) is 0 Å². The van der Waals surface area contributed by atoms with E-state index in [9.17, 15) is 14.4 Å². The topological polar surface area (TPSA) is 78.9 Å². The lowest BCUT2D eigenvalue weighted by molar-refractivity contribution is -0.167. The van der Waals surface area contributed by atoms with Crippen LogP contribution >= 0.6 is 0 Å². The number of carbonyl (C=O) groups is 3. The minimum Gasteiger partial charge on any atom is -0.462 e. The molecule has 0 aromatic carbocycles. The Labute approximate surface area is 404 Å². The van der Waals surface area contributed by atoms with Crippen molar-refractivity contribution in [3.8, 4) is 0 Å². The van der Waals surface area contributed by atoms with E-state index in [0.717, 1.165) is 70.6 Å². The summed E-state index contributed by atoms with van der Waals surface area (Å²) < 4.78 is 16.8. The summed E-state index contributed by atoms with van der Waals surface area (Å²) in [6, 6.07) is 0. The van der Waals surface area contributed by atoms with Crippen molar-refractivity contribution in [3.05, 3.63) is 24.3 Å². The molecular formula is C59H110O6. The van der Waals surface area contributed by atoms with Gasteiger partial charge in [-0.15, -0.1) is 0 Å². The summed E-state index contributed by atoms with van der Waals surface area (Å²) in [5, 5.41) is 0. The summed E-state index contributed by atoms with van der Waals surface area (Å²) in [5.74, 6) is -0.866. The smallest absolute Gasteiger partial charge is 0.306 e. The fraction of sp³-hybridized carbons (Fsp3) is 0.881. The first-order chi connectivity index (χ1) is 32.0. The summed E-state index contributed by atoms with van der Waals surface area (Å²) in [5.41, 5.74) is 0. The van der Waals surface area contributed by atoms with E-state index in [1.165, 1.54) is 205 Å². The number of esters is 3. The van der Waals surface area contributed by atoms with Gasteiger partial charge in [0, 0.05) is 19.3 Å². The fourth-order valence-electron chi connectivity index (χ4n) is 8.59. The van der Waals surface area contributed by atoms with Gasteiger partial charge in [0.25, 0.3) is 0 Å². The summed E-state index contributed by atoms with van der Waals surface area (Å²) in [6.45, 7) is 6.62. The number of hydrogen-bond donors (Lipinski definition) is 0. The molecular weight excluding hydrogens is 805 g/mol. The minimum atomic E-state index is -0.769. The Hall–Kier alpha value is -2.11. The number of rotatable bonds is 53. The van der Waals surface area contributed by atoms with Gasteiger partial charge >= 0.3 is 17.9 Å². The molecule has 1 unspecified atom stereocenters. The van der Waals surface area contributed by atoms with Crippen molar-refractivity contribution in [2.75, 3.05) is 13.2 Å². The number of hydrogen-bond acceptors (Lipinski definition) is 6. The SMILES string of the molecule is CCCCCC/C=C\C/C=C\CCCCCCCCCC(=O)OC(COC(=O)CCCCCCCCC)COC(=O)CCCCCCCCCCCCCCCCCCCCCCCC. The predicted molar refractivity (Wildman–Crippen MR) is 279 cm³/mol. The van der Waals surface area contributed by atoms with Crippen LogP contribution in [0.3, 0.4) is 0 Å². The molecule has 0 aromatic rings. The van der Waals surface area contributed by atoms with E-state index >= 15 is 0 Å². The molecule has 6 nitrogen and oxygen atoms in total. The average molecular weight is 916 g/mol. The minimum absolute atomic E-state index is 0.0698. The zero-order valence-electron chi connectivity index (χ0n) is 43.8. The third-order valence-electron chi connectivity index (χ3n) is 13.0. The Morgan fingerprint density at radius 1 is 0.308 bits per heavy atom. The lowest BCUT2D eigenvalue weighted by Gasteiger charge is -2.18. The van der Waals surface area contributed by atoms with Crippen molar-refractivity contribution >= 4 is 17.9 Å². The van der Waals surface area contributed by atoms with Gasteiger partial charge in [-0.25, -0.2) is 0 Å². The molecule has 0 radical (unpaired) electrons. The summed E-state index contributed by atoms with van der Waals surface area (Å²) in [7, 11) is 0. The molecule has 0 saturated carbocycles. The normalized spacial score (nSPS) is 12.1. The molecule has 0 amide bonds. The van der Waals surface area contributed by atoms with Gasteiger partial charge in [0.05, 0.1) is 0 Å². The number of allylic oxidation sites excluding steroid dienone is 4. The maximum atomic E-state index is 12.8. The summed E-state index contributed by atoms with van der Waals surface area (Å²) >= 11 is 0. The molecule has 1 atom stereocenters. The van der Waals surface area contributed by atoms with Crippen LogP contribution in [-0.2, 0) is 28.6 Å². The van der Waals surface area contributed by atoms with Crippen LogP contribution in [0.15, 0.2) is 24.3 Å². The highest BCUT2D eigenvalue weighted by molar-refractivity contribution is 5.71. The van der Waals surface area contributed by atoms with Gasteiger partial charge in [-0.1, -0.05) is 270 Å². The molecule has 382 valence electrons. The van der Waals surface area contributed by atoms with Crippen LogP contribution in [0, 0.1) is 0 Å². The summed E-state index contributed by atoms with van der Waals surface area (Å²) in [4.78, 5) is 37.9. The Balaban J connectivity index is 4.14. The van der Waals surface area contributed by atoms with Gasteiger partial charge in [0.1, 0.15) is 13.2 Å². The van der Waals surface area contributed by atoms with Crippen LogP contribution in [0.25, 0.3) is 0 Å². The van der Waals surface area contributed by atoms with Crippen molar-refractivity contribution in [2.45, 2.75) is 322 Å². The van der Waals surface area contributed by atoms with Crippen LogP contribution in [0.4, 0.5) is 0 Å². The highest BCUT2D eigenvalue weighted by atomic mass is 16.6. The Kier molecular flexibility index (Phi) is 52.7. The molecule has 0 aliphatic rings.